The molecule has 0 saturated heterocycles. The first-order valence-electron chi connectivity index (χ1n) is 12.4. The fourth-order valence-corrected chi connectivity index (χ4v) is 5.60. The zero-order valence-electron chi connectivity index (χ0n) is 20.3. The highest BCUT2D eigenvalue weighted by Crippen LogP contribution is 2.34. The normalized spacial score (nSPS) is 14.6. The number of pyridine rings is 1. The number of imidazole rings is 1. The van der Waals surface area contributed by atoms with E-state index in [1.54, 1.807) is 47.9 Å². The fourth-order valence-electron chi connectivity index (χ4n) is 4.63. The highest BCUT2D eigenvalue weighted by molar-refractivity contribution is 7.22. The van der Waals surface area contributed by atoms with E-state index in [0.717, 1.165) is 27.1 Å². The SMILES string of the molecule is FC(F)(F)c1cnc(-c2ccc(-c3cc(Oc4ccc5nc(NC6CCCCC6)sc5c4)ccn3)cc2)[nH]1. The van der Waals surface area contributed by atoms with Crippen LogP contribution < -0.4 is 10.1 Å². The summed E-state index contributed by atoms with van der Waals surface area (Å²) in [6.45, 7) is 0. The van der Waals surface area contributed by atoms with Crippen LogP contribution >= 0.6 is 11.3 Å². The summed E-state index contributed by atoms with van der Waals surface area (Å²) in [5, 5.41) is 4.54. The number of thiazole rings is 1. The van der Waals surface area contributed by atoms with E-state index in [4.69, 9.17) is 9.72 Å². The Morgan fingerprint density at radius 1 is 0.895 bits per heavy atom. The summed E-state index contributed by atoms with van der Waals surface area (Å²) in [6, 6.07) is 17.0. The van der Waals surface area contributed by atoms with Gasteiger partial charge >= 0.3 is 6.18 Å². The third-order valence-electron chi connectivity index (χ3n) is 6.60. The lowest BCUT2D eigenvalue weighted by atomic mass is 9.96. The van der Waals surface area contributed by atoms with Crippen LogP contribution in [0.15, 0.2) is 67.0 Å². The molecule has 38 heavy (non-hydrogen) atoms. The summed E-state index contributed by atoms with van der Waals surface area (Å²) < 4.78 is 45.8. The molecular weight excluding hydrogens is 511 g/mol. The van der Waals surface area contributed by atoms with Gasteiger partial charge in [0.2, 0.25) is 0 Å². The molecule has 0 atom stereocenters. The van der Waals surface area contributed by atoms with Gasteiger partial charge in [-0.2, -0.15) is 13.2 Å². The molecule has 0 spiro atoms. The van der Waals surface area contributed by atoms with Crippen LogP contribution in [0.1, 0.15) is 37.8 Å². The Hall–Kier alpha value is -3.92. The van der Waals surface area contributed by atoms with Crippen LogP contribution in [0.2, 0.25) is 0 Å². The third kappa shape index (κ3) is 5.35. The molecule has 1 aliphatic rings. The molecule has 0 radical (unpaired) electrons. The molecular formula is C28H24F3N5OS. The van der Waals surface area contributed by atoms with Gasteiger partial charge in [0.1, 0.15) is 23.0 Å². The molecule has 1 aliphatic carbocycles. The van der Waals surface area contributed by atoms with Crippen LogP contribution in [0, 0.1) is 0 Å². The average Bonchev–Trinajstić information content (AvgIpc) is 3.57. The van der Waals surface area contributed by atoms with E-state index in [1.807, 2.05) is 24.3 Å². The molecule has 3 aromatic heterocycles. The number of nitrogens with one attached hydrogen (secondary N) is 2. The van der Waals surface area contributed by atoms with Crippen LogP contribution in [0.5, 0.6) is 11.5 Å². The van der Waals surface area contributed by atoms with Crippen molar-refractivity contribution in [2.75, 3.05) is 5.32 Å². The van der Waals surface area contributed by atoms with Gasteiger partial charge in [-0.3, -0.25) is 4.98 Å². The van der Waals surface area contributed by atoms with Gasteiger partial charge in [0.15, 0.2) is 5.13 Å². The maximum atomic E-state index is 12.9. The molecule has 0 aliphatic heterocycles. The highest BCUT2D eigenvalue weighted by atomic mass is 32.1. The first-order valence-corrected chi connectivity index (χ1v) is 13.3. The van der Waals surface area contributed by atoms with E-state index in [0.29, 0.717) is 28.8 Å². The lowest BCUT2D eigenvalue weighted by molar-refractivity contribution is -0.140. The van der Waals surface area contributed by atoms with Gasteiger partial charge in [-0.05, 0) is 31.0 Å². The second-order valence-corrected chi connectivity index (χ2v) is 10.4. The number of halogens is 3. The molecule has 194 valence electrons. The number of nitrogens with zero attached hydrogens (tertiary/aromatic N) is 3. The first-order chi connectivity index (χ1) is 18.4. The Balaban J connectivity index is 1.16. The molecule has 1 fully saturated rings. The second-order valence-electron chi connectivity index (χ2n) is 9.33. The van der Waals surface area contributed by atoms with Crippen molar-refractivity contribution in [1.29, 1.82) is 0 Å². The summed E-state index contributed by atoms with van der Waals surface area (Å²) in [5.74, 6) is 1.49. The number of fused-ring (bicyclic) bond motifs is 1. The number of aromatic amines is 1. The Kier molecular flexibility index (Phi) is 6.49. The maximum absolute atomic E-state index is 12.9. The van der Waals surface area contributed by atoms with E-state index >= 15 is 0 Å². The monoisotopic (exact) mass is 535 g/mol. The number of H-pyrrole nitrogens is 1. The van der Waals surface area contributed by atoms with E-state index in [9.17, 15) is 13.2 Å². The van der Waals surface area contributed by atoms with Crippen LogP contribution in [-0.4, -0.2) is 26.0 Å². The lowest BCUT2D eigenvalue weighted by Crippen LogP contribution is -2.21. The van der Waals surface area contributed by atoms with Crippen LogP contribution in [-0.2, 0) is 6.18 Å². The maximum Gasteiger partial charge on any atom is 0.432 e. The Labute approximate surface area is 221 Å². The third-order valence-corrected chi connectivity index (χ3v) is 7.54. The predicted octanol–water partition coefficient (Wildman–Crippen LogP) is 8.30. The zero-order chi connectivity index (χ0) is 26.1. The van der Waals surface area contributed by atoms with E-state index in [-0.39, 0.29) is 5.82 Å². The summed E-state index contributed by atoms with van der Waals surface area (Å²) in [4.78, 5) is 15.3. The van der Waals surface area contributed by atoms with Gasteiger partial charge in [-0.15, -0.1) is 0 Å². The number of rotatable bonds is 6. The number of hydrogen-bond donors (Lipinski definition) is 2. The standard InChI is InChI=1S/C28H24F3N5OS/c29-28(30,31)25-16-33-26(36-25)18-8-6-17(7-9-18)23-14-21(12-13-32-23)37-20-10-11-22-24(15-20)38-27(35-22)34-19-4-2-1-3-5-19/h6-16,19H,1-5H2,(H,33,36)(H,34,35). The molecule has 6 nitrogen and oxygen atoms in total. The lowest BCUT2D eigenvalue weighted by Gasteiger charge is -2.22. The van der Waals surface area contributed by atoms with Gasteiger partial charge in [-0.1, -0.05) is 54.9 Å². The number of benzene rings is 2. The molecule has 1 saturated carbocycles. The number of aromatic nitrogens is 4. The molecule has 10 heteroatoms. The molecule has 0 amide bonds. The Bertz CT molecular complexity index is 1560. The fraction of sp³-hybridized carbons (Fsp3) is 0.250. The van der Waals surface area contributed by atoms with E-state index < -0.39 is 11.9 Å². The van der Waals surface area contributed by atoms with Crippen LogP contribution in [0.25, 0.3) is 32.9 Å². The Morgan fingerprint density at radius 2 is 1.66 bits per heavy atom. The largest absolute Gasteiger partial charge is 0.457 e. The highest BCUT2D eigenvalue weighted by Gasteiger charge is 2.33. The van der Waals surface area contributed by atoms with Gasteiger partial charge in [0.25, 0.3) is 0 Å². The molecule has 6 rings (SSSR count). The molecule has 2 N–H and O–H groups in total. The van der Waals surface area contributed by atoms with Crippen molar-refractivity contribution in [3.63, 3.8) is 0 Å². The predicted molar refractivity (Wildman–Crippen MR) is 142 cm³/mol. The summed E-state index contributed by atoms with van der Waals surface area (Å²) in [5.41, 5.74) is 2.10. The number of ether oxygens (including phenoxy) is 1. The van der Waals surface area contributed by atoms with Gasteiger partial charge in [0, 0.05) is 35.5 Å². The number of alkyl halides is 3. The first kappa shape index (κ1) is 24.4. The summed E-state index contributed by atoms with van der Waals surface area (Å²) in [7, 11) is 0. The number of hydrogen-bond acceptors (Lipinski definition) is 6. The van der Waals surface area contributed by atoms with Gasteiger partial charge in [0.05, 0.1) is 22.1 Å². The van der Waals surface area contributed by atoms with Crippen LogP contribution in [0.4, 0.5) is 18.3 Å². The smallest absolute Gasteiger partial charge is 0.432 e. The molecule has 3 heterocycles. The summed E-state index contributed by atoms with van der Waals surface area (Å²) >= 11 is 1.63. The van der Waals surface area contributed by atoms with Crippen molar-refractivity contribution in [1.82, 2.24) is 19.9 Å². The average molecular weight is 536 g/mol. The molecule has 0 unspecified atom stereocenters. The summed E-state index contributed by atoms with van der Waals surface area (Å²) in [6.07, 6.45) is 4.24. The topological polar surface area (TPSA) is 75.7 Å². The second kappa shape index (κ2) is 10.1. The van der Waals surface area contributed by atoms with Crippen molar-refractivity contribution in [2.45, 2.75) is 44.3 Å². The van der Waals surface area contributed by atoms with Gasteiger partial charge < -0.3 is 15.0 Å². The van der Waals surface area contributed by atoms with Crippen molar-refractivity contribution >= 4 is 26.7 Å². The quantitative estimate of drug-likeness (QED) is 0.229. The van der Waals surface area contributed by atoms with Crippen molar-refractivity contribution in [2.24, 2.45) is 0 Å². The minimum Gasteiger partial charge on any atom is -0.457 e. The molecule has 5 aromatic rings. The van der Waals surface area contributed by atoms with E-state index in [1.165, 1.54) is 32.1 Å². The minimum absolute atomic E-state index is 0.157. The number of anilines is 1. The van der Waals surface area contributed by atoms with E-state index in [2.05, 4.69) is 20.3 Å². The van der Waals surface area contributed by atoms with Crippen LogP contribution in [0.3, 0.4) is 0 Å². The van der Waals surface area contributed by atoms with Crippen molar-refractivity contribution < 1.29 is 17.9 Å². The molecule has 2 aromatic carbocycles. The minimum atomic E-state index is -4.46. The van der Waals surface area contributed by atoms with Crippen molar-refractivity contribution in [3.8, 4) is 34.1 Å². The Morgan fingerprint density at radius 3 is 2.42 bits per heavy atom. The van der Waals surface area contributed by atoms with Crippen molar-refractivity contribution in [3.05, 3.63) is 72.7 Å². The van der Waals surface area contributed by atoms with Gasteiger partial charge in [-0.25, -0.2) is 9.97 Å². The zero-order valence-corrected chi connectivity index (χ0v) is 21.1. The molecule has 0 bridgehead atoms.